The van der Waals surface area contributed by atoms with Crippen molar-refractivity contribution in [3.63, 3.8) is 0 Å². The smallest absolute Gasteiger partial charge is 0.179 e. The molecule has 0 aliphatic carbocycles. The number of hydrogen-bond acceptors (Lipinski definition) is 1. The Morgan fingerprint density at radius 2 is 1.88 bits per heavy atom. The molecule has 0 aliphatic heterocycles. The molecule has 0 bridgehead atoms. The van der Waals surface area contributed by atoms with Crippen LogP contribution in [0.2, 0.25) is 0 Å². The maximum atomic E-state index is 12.0. The molecule has 0 unspecified atom stereocenters. The Balaban J connectivity index is 1.98. The molecule has 2 nitrogen and oxygen atoms in total. The fourth-order valence-electron chi connectivity index (χ4n) is 1.85. The Kier molecular flexibility index (Phi) is 3.43. The maximum absolute atomic E-state index is 12.0. The summed E-state index contributed by atoms with van der Waals surface area (Å²) in [4.78, 5) is 15.1. The topological polar surface area (TPSA) is 32.9 Å². The number of aromatic nitrogens is 1. The highest BCUT2D eigenvalue weighted by Gasteiger charge is 2.09. The number of nitrogens with one attached hydrogen (secondary N) is 1. The lowest BCUT2D eigenvalue weighted by molar-refractivity contribution is 0.0978. The van der Waals surface area contributed by atoms with Crippen LogP contribution in [0.5, 0.6) is 0 Å². The molecule has 1 aromatic heterocycles. The van der Waals surface area contributed by atoms with Gasteiger partial charge in [-0.15, -0.1) is 0 Å². The molecule has 0 amide bonds. The Labute approximate surface area is 102 Å². The predicted molar refractivity (Wildman–Crippen MR) is 69.4 cm³/mol. The van der Waals surface area contributed by atoms with Gasteiger partial charge in [-0.2, -0.15) is 0 Å². The number of rotatable bonds is 4. The summed E-state index contributed by atoms with van der Waals surface area (Å²) < 4.78 is 0. The van der Waals surface area contributed by atoms with Gasteiger partial charge in [0.15, 0.2) is 5.78 Å². The first-order valence-electron chi connectivity index (χ1n) is 5.90. The molecule has 1 N–H and O–H groups in total. The predicted octanol–water partition coefficient (Wildman–Crippen LogP) is 3.45. The third kappa shape index (κ3) is 2.84. The van der Waals surface area contributed by atoms with Crippen LogP contribution < -0.4 is 0 Å². The van der Waals surface area contributed by atoms with Crippen molar-refractivity contribution in [2.75, 3.05) is 0 Å². The van der Waals surface area contributed by atoms with E-state index in [-0.39, 0.29) is 5.78 Å². The largest absolute Gasteiger partial charge is 0.356 e. The molecule has 88 valence electrons. The number of hydrogen-bond donors (Lipinski definition) is 1. The zero-order chi connectivity index (χ0) is 12.3. The molecule has 1 heterocycles. The molecule has 0 saturated carbocycles. The van der Waals surface area contributed by atoms with Gasteiger partial charge in [0.2, 0.25) is 0 Å². The highest BCUT2D eigenvalue weighted by molar-refractivity contribution is 5.94. The molecule has 2 aromatic rings. The zero-order valence-corrected chi connectivity index (χ0v) is 10.3. The monoisotopic (exact) mass is 227 g/mol. The Bertz CT molecular complexity index is 491. The van der Waals surface area contributed by atoms with Gasteiger partial charge in [0, 0.05) is 12.1 Å². The van der Waals surface area contributed by atoms with Gasteiger partial charge in [0.25, 0.3) is 0 Å². The minimum Gasteiger partial charge on any atom is -0.356 e. The van der Waals surface area contributed by atoms with E-state index in [1.54, 1.807) is 0 Å². The van der Waals surface area contributed by atoms with Crippen LogP contribution in [-0.2, 0) is 6.42 Å². The van der Waals surface area contributed by atoms with E-state index in [4.69, 9.17) is 0 Å². The third-order valence-electron chi connectivity index (χ3n) is 3.06. The van der Waals surface area contributed by atoms with Crippen molar-refractivity contribution >= 4 is 5.78 Å². The molecule has 1 aromatic carbocycles. The summed E-state index contributed by atoms with van der Waals surface area (Å²) >= 11 is 0. The average Bonchev–Trinajstić information content (AvgIpc) is 2.68. The number of benzene rings is 1. The minimum absolute atomic E-state index is 0.185. The van der Waals surface area contributed by atoms with Crippen molar-refractivity contribution in [3.05, 3.63) is 58.9 Å². The lowest BCUT2D eigenvalue weighted by Crippen LogP contribution is -2.01. The molecule has 0 saturated heterocycles. The van der Waals surface area contributed by atoms with Crippen molar-refractivity contribution < 1.29 is 4.79 Å². The summed E-state index contributed by atoms with van der Waals surface area (Å²) in [7, 11) is 0. The first-order chi connectivity index (χ1) is 8.16. The number of Topliss-reactive ketones (excluding diaryl/α,β-unsaturated/α-hetero) is 1. The molecule has 0 atom stereocenters. The van der Waals surface area contributed by atoms with E-state index in [1.165, 1.54) is 5.56 Å². The van der Waals surface area contributed by atoms with E-state index < -0.39 is 0 Å². The minimum atomic E-state index is 0.185. The summed E-state index contributed by atoms with van der Waals surface area (Å²) in [5.74, 6) is 0.185. The van der Waals surface area contributed by atoms with E-state index in [0.717, 1.165) is 23.4 Å². The molecule has 0 spiro atoms. The molecule has 0 fully saturated rings. The van der Waals surface area contributed by atoms with Crippen molar-refractivity contribution in [3.8, 4) is 0 Å². The van der Waals surface area contributed by atoms with Gasteiger partial charge in [-0.3, -0.25) is 4.79 Å². The lowest BCUT2D eigenvalue weighted by atomic mass is 10.1. The number of ketones is 1. The van der Waals surface area contributed by atoms with Crippen LogP contribution in [0.3, 0.4) is 0 Å². The molecular formula is C15H17NO. The van der Waals surface area contributed by atoms with Crippen LogP contribution in [0.1, 0.15) is 33.7 Å². The molecule has 17 heavy (non-hydrogen) atoms. The Hall–Kier alpha value is -1.83. The van der Waals surface area contributed by atoms with E-state index in [1.807, 2.05) is 38.1 Å². The van der Waals surface area contributed by atoms with E-state index in [9.17, 15) is 4.79 Å². The van der Waals surface area contributed by atoms with Gasteiger partial charge in [0.1, 0.15) is 0 Å². The number of H-pyrrole nitrogens is 1. The quantitative estimate of drug-likeness (QED) is 0.797. The summed E-state index contributed by atoms with van der Waals surface area (Å²) in [5, 5.41) is 0. The van der Waals surface area contributed by atoms with Crippen molar-refractivity contribution in [2.24, 2.45) is 0 Å². The van der Waals surface area contributed by atoms with Gasteiger partial charge in [-0.05, 0) is 37.5 Å². The normalized spacial score (nSPS) is 10.5. The van der Waals surface area contributed by atoms with Gasteiger partial charge in [-0.25, -0.2) is 0 Å². The van der Waals surface area contributed by atoms with Gasteiger partial charge in [0.05, 0.1) is 5.69 Å². The number of aryl methyl sites for hydroxylation is 3. The van der Waals surface area contributed by atoms with Crippen LogP contribution in [0.25, 0.3) is 0 Å². The third-order valence-corrected chi connectivity index (χ3v) is 3.06. The van der Waals surface area contributed by atoms with Crippen LogP contribution in [-0.4, -0.2) is 10.8 Å². The van der Waals surface area contributed by atoms with Crippen LogP contribution in [0.4, 0.5) is 0 Å². The molecule has 2 heteroatoms. The van der Waals surface area contributed by atoms with Gasteiger partial charge >= 0.3 is 0 Å². The summed E-state index contributed by atoms with van der Waals surface area (Å²) in [6, 6.07) is 12.0. The zero-order valence-electron chi connectivity index (χ0n) is 10.3. The highest BCUT2D eigenvalue weighted by Crippen LogP contribution is 2.12. The van der Waals surface area contributed by atoms with Crippen LogP contribution >= 0.6 is 0 Å². The van der Waals surface area contributed by atoms with E-state index in [2.05, 4.69) is 17.1 Å². The Morgan fingerprint density at radius 1 is 1.18 bits per heavy atom. The number of aromatic amines is 1. The fourth-order valence-corrected chi connectivity index (χ4v) is 1.85. The van der Waals surface area contributed by atoms with Crippen molar-refractivity contribution in [2.45, 2.75) is 26.7 Å². The molecule has 0 radical (unpaired) electrons. The number of carbonyl (C=O) groups excluding carboxylic acids is 1. The average molecular weight is 227 g/mol. The van der Waals surface area contributed by atoms with E-state index in [0.29, 0.717) is 6.42 Å². The van der Waals surface area contributed by atoms with Crippen molar-refractivity contribution in [1.82, 2.24) is 4.98 Å². The molecule has 0 aliphatic rings. The highest BCUT2D eigenvalue weighted by atomic mass is 16.1. The SMILES string of the molecule is Cc1cc(C(=O)CCc2ccccc2)[nH]c1C. The molecule has 2 rings (SSSR count). The summed E-state index contributed by atoms with van der Waals surface area (Å²) in [6.07, 6.45) is 1.36. The second kappa shape index (κ2) is 5.00. The summed E-state index contributed by atoms with van der Waals surface area (Å²) in [6.45, 7) is 4.00. The first kappa shape index (κ1) is 11.6. The van der Waals surface area contributed by atoms with Gasteiger partial charge < -0.3 is 4.98 Å². The standard InChI is InChI=1S/C15H17NO/c1-11-10-14(16-12(11)2)15(17)9-8-13-6-4-3-5-7-13/h3-7,10,16H,8-9H2,1-2H3. The van der Waals surface area contributed by atoms with Crippen LogP contribution in [0, 0.1) is 13.8 Å². The number of carbonyl (C=O) groups is 1. The van der Waals surface area contributed by atoms with Crippen LogP contribution in [0.15, 0.2) is 36.4 Å². The second-order valence-corrected chi connectivity index (χ2v) is 4.40. The Morgan fingerprint density at radius 3 is 2.47 bits per heavy atom. The summed E-state index contributed by atoms with van der Waals surface area (Å²) in [5.41, 5.74) is 4.16. The lowest BCUT2D eigenvalue weighted by Gasteiger charge is -1.99. The van der Waals surface area contributed by atoms with Gasteiger partial charge in [-0.1, -0.05) is 30.3 Å². The van der Waals surface area contributed by atoms with Crippen molar-refractivity contribution in [1.29, 1.82) is 0 Å². The first-order valence-corrected chi connectivity index (χ1v) is 5.90. The maximum Gasteiger partial charge on any atom is 0.179 e. The second-order valence-electron chi connectivity index (χ2n) is 4.40. The van der Waals surface area contributed by atoms with E-state index >= 15 is 0 Å². The molecular weight excluding hydrogens is 210 g/mol. The fraction of sp³-hybridized carbons (Fsp3) is 0.267.